The van der Waals surface area contributed by atoms with Crippen molar-refractivity contribution in [2.24, 2.45) is 0 Å². The number of alkyl carbamates (subject to hydrolysis) is 1. The first-order valence-electron chi connectivity index (χ1n) is 6.86. The SMILES string of the molecule is CCN(CCNC(=O)OC(C)(C)C)C1CCCN1. The third-order valence-electron chi connectivity index (χ3n) is 2.95. The van der Waals surface area contributed by atoms with Gasteiger partial charge in [-0.2, -0.15) is 0 Å². The molecule has 0 radical (unpaired) electrons. The minimum Gasteiger partial charge on any atom is -0.444 e. The maximum atomic E-state index is 11.5. The molecule has 0 aromatic carbocycles. The Bertz CT molecular complexity index is 257. The Labute approximate surface area is 110 Å². The summed E-state index contributed by atoms with van der Waals surface area (Å²) in [6, 6.07) is 0. The van der Waals surface area contributed by atoms with Crippen molar-refractivity contribution < 1.29 is 9.53 Å². The number of ether oxygens (including phenoxy) is 1. The predicted octanol–water partition coefficient (Wildman–Crippen LogP) is 1.54. The molecule has 0 aromatic heterocycles. The van der Waals surface area contributed by atoms with E-state index in [0.29, 0.717) is 12.7 Å². The number of likely N-dealkylation sites (N-methyl/N-ethyl adjacent to an activating group) is 1. The molecule has 0 aromatic rings. The van der Waals surface area contributed by atoms with Crippen molar-refractivity contribution in [3.8, 4) is 0 Å². The standard InChI is InChI=1S/C13H27N3O2/c1-5-16(11-7-6-8-14-11)10-9-15-12(17)18-13(2,3)4/h11,14H,5-10H2,1-4H3,(H,15,17). The van der Waals surface area contributed by atoms with Crippen molar-refractivity contribution in [2.75, 3.05) is 26.2 Å². The second-order valence-corrected chi connectivity index (χ2v) is 5.67. The Morgan fingerprint density at radius 3 is 2.72 bits per heavy atom. The smallest absolute Gasteiger partial charge is 0.407 e. The molecule has 106 valence electrons. The summed E-state index contributed by atoms with van der Waals surface area (Å²) in [5, 5.41) is 6.26. The fourth-order valence-electron chi connectivity index (χ4n) is 2.13. The molecule has 1 rings (SSSR count). The van der Waals surface area contributed by atoms with Crippen LogP contribution >= 0.6 is 0 Å². The summed E-state index contributed by atoms with van der Waals surface area (Å²) in [6.45, 7) is 11.3. The van der Waals surface area contributed by atoms with Crippen LogP contribution in [0.1, 0.15) is 40.5 Å². The molecule has 1 heterocycles. The lowest BCUT2D eigenvalue weighted by atomic mass is 10.2. The average Bonchev–Trinajstić information content (AvgIpc) is 2.75. The second kappa shape index (κ2) is 6.95. The Morgan fingerprint density at radius 2 is 2.22 bits per heavy atom. The van der Waals surface area contributed by atoms with Gasteiger partial charge in [0, 0.05) is 13.1 Å². The van der Waals surface area contributed by atoms with E-state index in [0.717, 1.165) is 19.6 Å². The van der Waals surface area contributed by atoms with Crippen LogP contribution in [-0.2, 0) is 4.74 Å². The van der Waals surface area contributed by atoms with Gasteiger partial charge in [0.2, 0.25) is 0 Å². The molecule has 18 heavy (non-hydrogen) atoms. The number of hydrogen-bond donors (Lipinski definition) is 2. The van der Waals surface area contributed by atoms with E-state index in [1.165, 1.54) is 12.8 Å². The molecule has 1 atom stereocenters. The van der Waals surface area contributed by atoms with Crippen LogP contribution in [0.3, 0.4) is 0 Å². The van der Waals surface area contributed by atoms with Gasteiger partial charge in [-0.3, -0.25) is 4.90 Å². The summed E-state index contributed by atoms with van der Waals surface area (Å²) in [6.07, 6.45) is 2.56. The van der Waals surface area contributed by atoms with Crippen LogP contribution in [-0.4, -0.2) is 48.9 Å². The van der Waals surface area contributed by atoms with Gasteiger partial charge in [-0.05, 0) is 46.7 Å². The van der Waals surface area contributed by atoms with E-state index in [1.54, 1.807) is 0 Å². The molecule has 1 aliphatic heterocycles. The van der Waals surface area contributed by atoms with Crippen molar-refractivity contribution in [1.82, 2.24) is 15.5 Å². The molecule has 0 aliphatic carbocycles. The number of carbonyl (C=O) groups is 1. The fourth-order valence-corrected chi connectivity index (χ4v) is 2.13. The zero-order chi connectivity index (χ0) is 13.6. The normalized spacial score (nSPS) is 20.2. The lowest BCUT2D eigenvalue weighted by molar-refractivity contribution is 0.0517. The molecule has 0 spiro atoms. The van der Waals surface area contributed by atoms with Crippen molar-refractivity contribution in [3.05, 3.63) is 0 Å². The van der Waals surface area contributed by atoms with E-state index >= 15 is 0 Å². The highest BCUT2D eigenvalue weighted by molar-refractivity contribution is 5.67. The van der Waals surface area contributed by atoms with E-state index in [-0.39, 0.29) is 6.09 Å². The van der Waals surface area contributed by atoms with Crippen LogP contribution in [0.15, 0.2) is 0 Å². The summed E-state index contributed by atoms with van der Waals surface area (Å²) < 4.78 is 5.19. The molecule has 1 saturated heterocycles. The van der Waals surface area contributed by atoms with Crippen molar-refractivity contribution in [3.63, 3.8) is 0 Å². The van der Waals surface area contributed by atoms with Crippen molar-refractivity contribution in [2.45, 2.75) is 52.3 Å². The molecule has 2 N–H and O–H groups in total. The highest BCUT2D eigenvalue weighted by atomic mass is 16.6. The topological polar surface area (TPSA) is 53.6 Å². The van der Waals surface area contributed by atoms with Gasteiger partial charge in [0.1, 0.15) is 5.60 Å². The molecule has 5 nitrogen and oxygen atoms in total. The Hall–Kier alpha value is -0.810. The predicted molar refractivity (Wildman–Crippen MR) is 72.5 cm³/mol. The van der Waals surface area contributed by atoms with Crippen LogP contribution in [0.4, 0.5) is 4.79 Å². The van der Waals surface area contributed by atoms with Crippen LogP contribution in [0.2, 0.25) is 0 Å². The second-order valence-electron chi connectivity index (χ2n) is 5.67. The Morgan fingerprint density at radius 1 is 1.50 bits per heavy atom. The highest BCUT2D eigenvalue weighted by Crippen LogP contribution is 2.09. The summed E-state index contributed by atoms with van der Waals surface area (Å²) in [7, 11) is 0. The third kappa shape index (κ3) is 5.69. The Balaban J connectivity index is 2.20. The molecular formula is C13H27N3O2. The van der Waals surface area contributed by atoms with Gasteiger partial charge in [0.25, 0.3) is 0 Å². The molecule has 1 aliphatic rings. The maximum Gasteiger partial charge on any atom is 0.407 e. The van der Waals surface area contributed by atoms with E-state index in [2.05, 4.69) is 22.5 Å². The van der Waals surface area contributed by atoms with Gasteiger partial charge in [-0.25, -0.2) is 4.79 Å². The number of carbonyl (C=O) groups excluding carboxylic acids is 1. The van der Waals surface area contributed by atoms with Gasteiger partial charge < -0.3 is 15.4 Å². The van der Waals surface area contributed by atoms with E-state index in [9.17, 15) is 4.79 Å². The molecule has 5 heteroatoms. The first kappa shape index (κ1) is 15.2. The van der Waals surface area contributed by atoms with Crippen LogP contribution in [0.25, 0.3) is 0 Å². The highest BCUT2D eigenvalue weighted by Gasteiger charge is 2.21. The summed E-state index contributed by atoms with van der Waals surface area (Å²) in [5.74, 6) is 0. The monoisotopic (exact) mass is 257 g/mol. The van der Waals surface area contributed by atoms with Gasteiger partial charge in [-0.15, -0.1) is 0 Å². The maximum absolute atomic E-state index is 11.5. The Kier molecular flexibility index (Phi) is 5.88. The van der Waals surface area contributed by atoms with Gasteiger partial charge >= 0.3 is 6.09 Å². The fraction of sp³-hybridized carbons (Fsp3) is 0.923. The minimum atomic E-state index is -0.429. The number of nitrogens with zero attached hydrogens (tertiary/aromatic N) is 1. The molecule has 1 unspecified atom stereocenters. The first-order chi connectivity index (χ1) is 8.42. The van der Waals surface area contributed by atoms with E-state index in [1.807, 2.05) is 20.8 Å². The average molecular weight is 257 g/mol. The van der Waals surface area contributed by atoms with Gasteiger partial charge in [0.15, 0.2) is 0 Å². The van der Waals surface area contributed by atoms with Crippen molar-refractivity contribution >= 4 is 6.09 Å². The third-order valence-corrected chi connectivity index (χ3v) is 2.95. The summed E-state index contributed by atoms with van der Waals surface area (Å²) >= 11 is 0. The number of rotatable bonds is 5. The number of amides is 1. The number of hydrogen-bond acceptors (Lipinski definition) is 4. The van der Waals surface area contributed by atoms with E-state index < -0.39 is 5.60 Å². The van der Waals surface area contributed by atoms with Crippen LogP contribution in [0.5, 0.6) is 0 Å². The molecule has 1 amide bonds. The molecule has 0 saturated carbocycles. The molecular weight excluding hydrogens is 230 g/mol. The van der Waals surface area contributed by atoms with Crippen LogP contribution < -0.4 is 10.6 Å². The first-order valence-corrected chi connectivity index (χ1v) is 6.86. The van der Waals surface area contributed by atoms with Crippen LogP contribution in [0, 0.1) is 0 Å². The molecule has 1 fully saturated rings. The zero-order valence-electron chi connectivity index (χ0n) is 12.1. The lowest BCUT2D eigenvalue weighted by Crippen LogP contribution is -2.45. The van der Waals surface area contributed by atoms with Gasteiger partial charge in [-0.1, -0.05) is 6.92 Å². The quantitative estimate of drug-likeness (QED) is 0.784. The molecule has 0 bridgehead atoms. The summed E-state index contributed by atoms with van der Waals surface area (Å²) in [5.41, 5.74) is -0.429. The van der Waals surface area contributed by atoms with Gasteiger partial charge in [0.05, 0.1) is 6.17 Å². The lowest BCUT2D eigenvalue weighted by Gasteiger charge is -2.27. The largest absolute Gasteiger partial charge is 0.444 e. The zero-order valence-corrected chi connectivity index (χ0v) is 12.1. The summed E-state index contributed by atoms with van der Waals surface area (Å²) in [4.78, 5) is 13.8. The number of nitrogens with one attached hydrogen (secondary N) is 2. The van der Waals surface area contributed by atoms with Crippen molar-refractivity contribution in [1.29, 1.82) is 0 Å². The van der Waals surface area contributed by atoms with E-state index in [4.69, 9.17) is 4.74 Å². The minimum absolute atomic E-state index is 0.335.